The lowest BCUT2D eigenvalue weighted by molar-refractivity contribution is 0.277. The minimum absolute atomic E-state index is 0.0885. The van der Waals surface area contributed by atoms with Crippen molar-refractivity contribution >= 4 is 23.5 Å². The van der Waals surface area contributed by atoms with E-state index in [9.17, 15) is 4.39 Å². The van der Waals surface area contributed by atoms with E-state index in [4.69, 9.17) is 19.4 Å². The molecule has 0 amide bonds. The van der Waals surface area contributed by atoms with Gasteiger partial charge >= 0.3 is 0 Å². The zero-order valence-electron chi connectivity index (χ0n) is 22.3. The van der Waals surface area contributed by atoms with Crippen LogP contribution in [0.4, 0.5) is 27.9 Å². The van der Waals surface area contributed by atoms with Crippen LogP contribution in [0.1, 0.15) is 44.2 Å². The summed E-state index contributed by atoms with van der Waals surface area (Å²) in [5, 5.41) is 6.69. The van der Waals surface area contributed by atoms with E-state index in [-0.39, 0.29) is 11.8 Å². The maximum absolute atomic E-state index is 14.0. The quantitative estimate of drug-likeness (QED) is 0.382. The molecule has 3 heterocycles. The standard InChI is InChI=1S/C28H36FN7O2/c1-4-35-15-7-9-20(35)18-30-26-32-27(31-19-13-14-22(29)25(17-19)38-3)34-28(33-26)36-16-8-11-23(36)21-10-5-6-12-24(21)37-2/h5-6,10,12-14,17,20,23H,4,7-9,11,15-16,18H2,1-3H3,(H2,30,31,32,33,34). The minimum Gasteiger partial charge on any atom is -0.496 e. The number of likely N-dealkylation sites (tertiary alicyclic amines) is 1. The van der Waals surface area contributed by atoms with Crippen LogP contribution in [0.3, 0.4) is 0 Å². The number of hydrogen-bond donors (Lipinski definition) is 2. The molecule has 38 heavy (non-hydrogen) atoms. The van der Waals surface area contributed by atoms with Gasteiger partial charge in [0.05, 0.1) is 20.3 Å². The van der Waals surface area contributed by atoms with Crippen molar-refractivity contribution in [3.05, 3.63) is 53.8 Å². The Morgan fingerprint density at radius 2 is 1.74 bits per heavy atom. The molecule has 2 aromatic carbocycles. The number of ether oxygens (including phenoxy) is 2. The predicted molar refractivity (Wildman–Crippen MR) is 147 cm³/mol. The van der Waals surface area contributed by atoms with E-state index in [1.807, 2.05) is 18.2 Å². The smallest absolute Gasteiger partial charge is 0.233 e. The maximum Gasteiger partial charge on any atom is 0.233 e. The van der Waals surface area contributed by atoms with Crippen LogP contribution < -0.4 is 25.0 Å². The number of hydrogen-bond acceptors (Lipinski definition) is 9. The fraction of sp³-hybridized carbons (Fsp3) is 0.464. The van der Waals surface area contributed by atoms with Crippen molar-refractivity contribution in [2.24, 2.45) is 0 Å². The lowest BCUT2D eigenvalue weighted by atomic mass is 10.0. The van der Waals surface area contributed by atoms with E-state index in [1.165, 1.54) is 19.6 Å². The Hall–Kier alpha value is -3.66. The number of rotatable bonds is 10. The van der Waals surface area contributed by atoms with Crippen LogP contribution in [0.15, 0.2) is 42.5 Å². The number of anilines is 4. The van der Waals surface area contributed by atoms with Crippen LogP contribution in [-0.2, 0) is 0 Å². The van der Waals surface area contributed by atoms with Gasteiger partial charge in [0.2, 0.25) is 17.8 Å². The van der Waals surface area contributed by atoms with Crippen LogP contribution in [0, 0.1) is 5.82 Å². The Labute approximate surface area is 223 Å². The van der Waals surface area contributed by atoms with Gasteiger partial charge in [0.25, 0.3) is 0 Å². The molecule has 1 aromatic heterocycles. The van der Waals surface area contributed by atoms with E-state index in [1.54, 1.807) is 19.2 Å². The molecule has 2 atom stereocenters. The summed E-state index contributed by atoms with van der Waals surface area (Å²) in [6.45, 7) is 5.93. The topological polar surface area (TPSA) is 87.7 Å². The number of halogens is 1. The van der Waals surface area contributed by atoms with Gasteiger partial charge in [-0.15, -0.1) is 0 Å². The fourth-order valence-corrected chi connectivity index (χ4v) is 5.52. The number of likely N-dealkylation sites (N-methyl/N-ethyl adjacent to an activating group) is 1. The predicted octanol–water partition coefficient (Wildman–Crippen LogP) is 5.01. The first-order chi connectivity index (χ1) is 18.6. The van der Waals surface area contributed by atoms with Crippen LogP contribution in [0.25, 0.3) is 0 Å². The molecular formula is C28H36FN7O2. The van der Waals surface area contributed by atoms with Gasteiger partial charge in [-0.1, -0.05) is 25.1 Å². The van der Waals surface area contributed by atoms with Gasteiger partial charge in [-0.05, 0) is 57.0 Å². The highest BCUT2D eigenvalue weighted by atomic mass is 19.1. The first-order valence-corrected chi connectivity index (χ1v) is 13.3. The summed E-state index contributed by atoms with van der Waals surface area (Å²) in [7, 11) is 3.14. The van der Waals surface area contributed by atoms with Crippen molar-refractivity contribution in [3.8, 4) is 11.5 Å². The monoisotopic (exact) mass is 521 g/mol. The molecule has 2 saturated heterocycles. The molecule has 0 bridgehead atoms. The van der Waals surface area contributed by atoms with Gasteiger partial charge in [0.1, 0.15) is 5.75 Å². The van der Waals surface area contributed by atoms with Crippen molar-refractivity contribution in [2.75, 3.05) is 55.9 Å². The van der Waals surface area contributed by atoms with E-state index >= 15 is 0 Å². The Bertz CT molecular complexity index is 1240. The second-order valence-electron chi connectivity index (χ2n) is 9.66. The summed E-state index contributed by atoms with van der Waals surface area (Å²) in [5.41, 5.74) is 1.74. The zero-order valence-corrected chi connectivity index (χ0v) is 22.3. The number of nitrogens with one attached hydrogen (secondary N) is 2. The van der Waals surface area contributed by atoms with Gasteiger partial charge < -0.3 is 25.0 Å². The molecule has 0 radical (unpaired) electrons. The van der Waals surface area contributed by atoms with Gasteiger partial charge in [0.15, 0.2) is 11.6 Å². The molecule has 2 aliphatic rings. The minimum atomic E-state index is -0.425. The van der Waals surface area contributed by atoms with Crippen molar-refractivity contribution in [3.63, 3.8) is 0 Å². The Kier molecular flexibility index (Phi) is 8.07. The summed E-state index contributed by atoms with van der Waals surface area (Å²) in [5.74, 6) is 2.07. The number of para-hydroxylation sites is 1. The molecule has 0 aliphatic carbocycles. The molecule has 5 rings (SSSR count). The Morgan fingerprint density at radius 1 is 0.947 bits per heavy atom. The largest absolute Gasteiger partial charge is 0.496 e. The van der Waals surface area contributed by atoms with E-state index in [0.29, 0.717) is 29.6 Å². The summed E-state index contributed by atoms with van der Waals surface area (Å²) >= 11 is 0. The number of aromatic nitrogens is 3. The first kappa shape index (κ1) is 26.0. The van der Waals surface area contributed by atoms with Crippen molar-refractivity contribution in [1.82, 2.24) is 19.9 Å². The first-order valence-electron chi connectivity index (χ1n) is 13.3. The maximum atomic E-state index is 14.0. The lowest BCUT2D eigenvalue weighted by Gasteiger charge is -2.27. The molecule has 0 saturated carbocycles. The van der Waals surface area contributed by atoms with E-state index < -0.39 is 5.82 Å². The van der Waals surface area contributed by atoms with Crippen LogP contribution in [-0.4, -0.2) is 66.3 Å². The van der Waals surface area contributed by atoms with Gasteiger partial charge in [-0.3, -0.25) is 4.90 Å². The third-order valence-electron chi connectivity index (χ3n) is 7.44. The van der Waals surface area contributed by atoms with Crippen molar-refractivity contribution < 1.29 is 13.9 Å². The van der Waals surface area contributed by atoms with Crippen LogP contribution in [0.5, 0.6) is 11.5 Å². The van der Waals surface area contributed by atoms with E-state index in [2.05, 4.69) is 38.4 Å². The molecule has 9 nitrogen and oxygen atoms in total. The fourth-order valence-electron chi connectivity index (χ4n) is 5.52. The van der Waals surface area contributed by atoms with Crippen LogP contribution >= 0.6 is 0 Å². The molecule has 2 N–H and O–H groups in total. The van der Waals surface area contributed by atoms with E-state index in [0.717, 1.165) is 56.8 Å². The molecule has 2 fully saturated rings. The van der Waals surface area contributed by atoms with Gasteiger partial charge in [-0.2, -0.15) is 15.0 Å². The highest BCUT2D eigenvalue weighted by Gasteiger charge is 2.31. The Balaban J connectivity index is 1.46. The second kappa shape index (κ2) is 11.8. The molecule has 2 aliphatic heterocycles. The van der Waals surface area contributed by atoms with Gasteiger partial charge in [-0.25, -0.2) is 4.39 Å². The highest BCUT2D eigenvalue weighted by Crippen LogP contribution is 2.39. The summed E-state index contributed by atoms with van der Waals surface area (Å²) in [6, 6.07) is 13.2. The summed E-state index contributed by atoms with van der Waals surface area (Å²) < 4.78 is 24.8. The summed E-state index contributed by atoms with van der Waals surface area (Å²) in [6.07, 6.45) is 4.35. The lowest BCUT2D eigenvalue weighted by Crippen LogP contribution is -2.35. The molecule has 3 aromatic rings. The highest BCUT2D eigenvalue weighted by molar-refractivity contribution is 5.59. The molecule has 2 unspecified atom stereocenters. The number of benzene rings is 2. The summed E-state index contributed by atoms with van der Waals surface area (Å²) in [4.78, 5) is 19.0. The average Bonchev–Trinajstić information content (AvgIpc) is 3.62. The number of nitrogens with zero attached hydrogens (tertiary/aromatic N) is 5. The average molecular weight is 522 g/mol. The van der Waals surface area contributed by atoms with Gasteiger partial charge in [0, 0.05) is 36.4 Å². The second-order valence-corrected chi connectivity index (χ2v) is 9.66. The molecule has 0 spiro atoms. The zero-order chi connectivity index (χ0) is 26.5. The van der Waals surface area contributed by atoms with Crippen LogP contribution in [0.2, 0.25) is 0 Å². The third kappa shape index (κ3) is 5.60. The molecule has 10 heteroatoms. The Morgan fingerprint density at radius 3 is 2.55 bits per heavy atom. The third-order valence-corrected chi connectivity index (χ3v) is 7.44. The normalized spacial score (nSPS) is 19.5. The van der Waals surface area contributed by atoms with Crippen molar-refractivity contribution in [1.29, 1.82) is 0 Å². The van der Waals surface area contributed by atoms with Crippen molar-refractivity contribution in [2.45, 2.75) is 44.7 Å². The SMILES string of the molecule is CCN1CCCC1CNc1nc(Nc2ccc(F)c(OC)c2)nc(N2CCCC2c2ccccc2OC)n1. The number of methoxy groups -OCH3 is 2. The molecular weight excluding hydrogens is 485 g/mol. The molecule has 202 valence electrons.